The lowest BCUT2D eigenvalue weighted by Crippen LogP contribution is -2.38. The van der Waals surface area contributed by atoms with Crippen molar-refractivity contribution in [1.29, 1.82) is 0 Å². The molecular weight excluding hydrogens is 233 g/mol. The molecule has 100 valence electrons. The second-order valence-corrected chi connectivity index (χ2v) is 5.27. The number of aliphatic carboxylic acids is 1. The molecule has 1 aromatic rings. The van der Waals surface area contributed by atoms with Crippen LogP contribution in [0.1, 0.15) is 19.4 Å². The van der Waals surface area contributed by atoms with Crippen molar-refractivity contribution < 1.29 is 14.3 Å². The van der Waals surface area contributed by atoms with E-state index in [1.54, 1.807) is 32.0 Å². The summed E-state index contributed by atoms with van der Waals surface area (Å²) in [4.78, 5) is 12.9. The highest BCUT2D eigenvalue weighted by Gasteiger charge is 2.28. The highest BCUT2D eigenvalue weighted by Crippen LogP contribution is 2.17. The summed E-state index contributed by atoms with van der Waals surface area (Å²) in [6.07, 6.45) is 0.582. The third-order valence-corrected chi connectivity index (χ3v) is 2.96. The van der Waals surface area contributed by atoms with Crippen LogP contribution < -0.4 is 0 Å². The van der Waals surface area contributed by atoms with Crippen LogP contribution in [-0.2, 0) is 11.2 Å². The lowest BCUT2D eigenvalue weighted by atomic mass is 9.93. The van der Waals surface area contributed by atoms with Gasteiger partial charge in [-0.3, -0.25) is 4.79 Å². The molecule has 3 nitrogen and oxygen atoms in total. The van der Waals surface area contributed by atoms with Crippen molar-refractivity contribution in [1.82, 2.24) is 4.90 Å². The van der Waals surface area contributed by atoms with Gasteiger partial charge in [-0.05, 0) is 38.9 Å². The maximum absolute atomic E-state index is 13.4. The Balaban J connectivity index is 2.50. The number of halogens is 1. The van der Waals surface area contributed by atoms with E-state index < -0.39 is 11.4 Å². The minimum Gasteiger partial charge on any atom is -0.481 e. The lowest BCUT2D eigenvalue weighted by molar-refractivity contribution is -0.147. The van der Waals surface area contributed by atoms with E-state index in [4.69, 9.17) is 5.11 Å². The highest BCUT2D eigenvalue weighted by atomic mass is 19.1. The monoisotopic (exact) mass is 253 g/mol. The summed E-state index contributed by atoms with van der Waals surface area (Å²) in [7, 11) is 1.85. The molecule has 0 aliphatic heterocycles. The summed E-state index contributed by atoms with van der Waals surface area (Å²) in [5.74, 6) is -1.02. The molecule has 18 heavy (non-hydrogen) atoms. The molecule has 0 amide bonds. The van der Waals surface area contributed by atoms with Crippen LogP contribution in [0, 0.1) is 11.2 Å². The number of rotatable bonds is 6. The Morgan fingerprint density at radius 1 is 1.39 bits per heavy atom. The molecule has 0 heterocycles. The van der Waals surface area contributed by atoms with Crippen molar-refractivity contribution >= 4 is 5.97 Å². The van der Waals surface area contributed by atoms with Gasteiger partial charge in [-0.25, -0.2) is 4.39 Å². The van der Waals surface area contributed by atoms with Gasteiger partial charge in [0, 0.05) is 13.1 Å². The summed E-state index contributed by atoms with van der Waals surface area (Å²) < 4.78 is 13.4. The minimum absolute atomic E-state index is 0.205. The Labute approximate surface area is 107 Å². The topological polar surface area (TPSA) is 40.5 Å². The summed E-state index contributed by atoms with van der Waals surface area (Å²) in [6.45, 7) is 4.46. The molecule has 0 radical (unpaired) electrons. The van der Waals surface area contributed by atoms with Gasteiger partial charge in [0.25, 0.3) is 0 Å². The van der Waals surface area contributed by atoms with E-state index in [-0.39, 0.29) is 5.82 Å². The summed E-state index contributed by atoms with van der Waals surface area (Å²) in [5.41, 5.74) is -0.123. The molecule has 4 heteroatoms. The number of carbonyl (C=O) groups is 1. The molecule has 0 spiro atoms. The van der Waals surface area contributed by atoms with E-state index in [9.17, 15) is 9.18 Å². The fourth-order valence-corrected chi connectivity index (χ4v) is 1.83. The predicted molar refractivity (Wildman–Crippen MR) is 69.0 cm³/mol. The maximum atomic E-state index is 13.4. The molecule has 1 rings (SSSR count). The molecule has 0 aliphatic carbocycles. The number of hydrogen-bond acceptors (Lipinski definition) is 2. The van der Waals surface area contributed by atoms with Gasteiger partial charge >= 0.3 is 5.97 Å². The number of benzene rings is 1. The second-order valence-electron chi connectivity index (χ2n) is 5.27. The molecular formula is C14H20FNO2. The van der Waals surface area contributed by atoms with Gasteiger partial charge < -0.3 is 10.0 Å². The largest absolute Gasteiger partial charge is 0.481 e. The number of carboxylic acid groups (broad SMARTS) is 1. The van der Waals surface area contributed by atoms with E-state index in [1.807, 2.05) is 11.9 Å². The highest BCUT2D eigenvalue weighted by molar-refractivity contribution is 5.73. The Morgan fingerprint density at radius 2 is 2.00 bits per heavy atom. The summed E-state index contributed by atoms with van der Waals surface area (Å²) >= 11 is 0. The molecule has 0 saturated carbocycles. The molecule has 0 fully saturated rings. The number of carboxylic acids is 1. The molecule has 0 aliphatic rings. The Kier molecular flexibility index (Phi) is 4.84. The number of hydrogen-bond donors (Lipinski definition) is 1. The van der Waals surface area contributed by atoms with Crippen LogP contribution in [0.15, 0.2) is 24.3 Å². The van der Waals surface area contributed by atoms with E-state index in [1.165, 1.54) is 6.07 Å². The second kappa shape index (κ2) is 5.96. The van der Waals surface area contributed by atoms with Crippen LogP contribution in [0.4, 0.5) is 4.39 Å². The third kappa shape index (κ3) is 4.11. The van der Waals surface area contributed by atoms with Crippen LogP contribution in [0.3, 0.4) is 0 Å². The minimum atomic E-state index is -0.819. The van der Waals surface area contributed by atoms with E-state index >= 15 is 0 Å². The van der Waals surface area contributed by atoms with Crippen molar-refractivity contribution in [2.75, 3.05) is 20.1 Å². The first-order valence-electron chi connectivity index (χ1n) is 5.98. The predicted octanol–water partition coefficient (Wildman–Crippen LogP) is 2.41. The van der Waals surface area contributed by atoms with Crippen LogP contribution in [0.2, 0.25) is 0 Å². The van der Waals surface area contributed by atoms with Gasteiger partial charge in [0.05, 0.1) is 5.41 Å². The number of nitrogens with zero attached hydrogens (tertiary/aromatic N) is 1. The first kappa shape index (κ1) is 14.6. The fraction of sp³-hybridized carbons (Fsp3) is 0.500. The van der Waals surface area contributed by atoms with Crippen molar-refractivity contribution in [2.24, 2.45) is 5.41 Å². The Bertz CT molecular complexity index is 418. The summed E-state index contributed by atoms with van der Waals surface area (Å²) in [5, 5.41) is 9.03. The van der Waals surface area contributed by atoms with Gasteiger partial charge in [-0.15, -0.1) is 0 Å². The van der Waals surface area contributed by atoms with Crippen LogP contribution in [0.5, 0.6) is 0 Å². The first-order chi connectivity index (χ1) is 8.33. The normalized spacial score (nSPS) is 11.8. The van der Waals surface area contributed by atoms with Crippen molar-refractivity contribution in [2.45, 2.75) is 20.3 Å². The average Bonchev–Trinajstić information content (AvgIpc) is 2.27. The van der Waals surface area contributed by atoms with Gasteiger partial charge in [0.2, 0.25) is 0 Å². The van der Waals surface area contributed by atoms with Crippen molar-refractivity contribution in [3.63, 3.8) is 0 Å². The molecule has 1 aromatic carbocycles. The van der Waals surface area contributed by atoms with Gasteiger partial charge in [0.1, 0.15) is 5.82 Å². The lowest BCUT2D eigenvalue weighted by Gasteiger charge is -2.26. The fourth-order valence-electron chi connectivity index (χ4n) is 1.83. The zero-order chi connectivity index (χ0) is 13.8. The standard InChI is InChI=1S/C14H20FNO2/c1-14(2,13(17)18)10-16(3)9-8-11-6-4-5-7-12(11)15/h4-7H,8-10H2,1-3H3,(H,17,18). The molecule has 0 bridgehead atoms. The molecule has 1 N–H and O–H groups in total. The van der Waals surface area contributed by atoms with Crippen LogP contribution in [0.25, 0.3) is 0 Å². The maximum Gasteiger partial charge on any atom is 0.310 e. The van der Waals surface area contributed by atoms with Crippen LogP contribution >= 0.6 is 0 Å². The molecule has 0 unspecified atom stereocenters. The molecule has 0 atom stereocenters. The van der Waals surface area contributed by atoms with E-state index in [0.717, 1.165) is 0 Å². The number of likely N-dealkylation sites (N-methyl/N-ethyl adjacent to an activating group) is 1. The Morgan fingerprint density at radius 3 is 2.56 bits per heavy atom. The molecule has 0 aromatic heterocycles. The SMILES string of the molecule is CN(CCc1ccccc1F)CC(C)(C)C(=O)O. The smallest absolute Gasteiger partial charge is 0.310 e. The van der Waals surface area contributed by atoms with Gasteiger partial charge in [-0.2, -0.15) is 0 Å². The average molecular weight is 253 g/mol. The van der Waals surface area contributed by atoms with E-state index in [0.29, 0.717) is 25.1 Å². The zero-order valence-electron chi connectivity index (χ0n) is 11.1. The van der Waals surface area contributed by atoms with E-state index in [2.05, 4.69) is 0 Å². The molecule has 0 saturated heterocycles. The first-order valence-corrected chi connectivity index (χ1v) is 5.98. The zero-order valence-corrected chi connectivity index (χ0v) is 11.1. The van der Waals surface area contributed by atoms with Gasteiger partial charge in [0.15, 0.2) is 0 Å². The Hall–Kier alpha value is -1.42. The van der Waals surface area contributed by atoms with Crippen LogP contribution in [-0.4, -0.2) is 36.1 Å². The van der Waals surface area contributed by atoms with Crippen molar-refractivity contribution in [3.05, 3.63) is 35.6 Å². The third-order valence-electron chi connectivity index (χ3n) is 2.96. The van der Waals surface area contributed by atoms with Gasteiger partial charge in [-0.1, -0.05) is 18.2 Å². The summed E-state index contributed by atoms with van der Waals surface area (Å²) in [6, 6.07) is 6.66. The van der Waals surface area contributed by atoms with Crippen molar-refractivity contribution in [3.8, 4) is 0 Å². The quantitative estimate of drug-likeness (QED) is 0.846.